The number of ether oxygens (including phenoxy) is 2. The largest absolute Gasteiger partial charge is 0.453 e. The minimum absolute atomic E-state index is 0.0450. The molecule has 2 heterocycles. The van der Waals surface area contributed by atoms with Crippen molar-refractivity contribution >= 4 is 44.5 Å². The van der Waals surface area contributed by atoms with E-state index in [1.165, 1.54) is 0 Å². The third-order valence-electron chi connectivity index (χ3n) is 7.09. The number of hydrogen-bond acceptors (Lipinski definition) is 6. The van der Waals surface area contributed by atoms with E-state index >= 15 is 0 Å². The molecule has 4 aromatic carbocycles. The molecule has 2 aliphatic rings. The SMILES string of the molecule is CCc1cccc2c1N(C(CC)(N1c3ccccc3Oc3cccc(Cl)c31)S(=O)(=O)O)c1ccccc1O2. The zero-order valence-electron chi connectivity index (χ0n) is 20.8. The summed E-state index contributed by atoms with van der Waals surface area (Å²) in [4.78, 5) is 1.20. The van der Waals surface area contributed by atoms with Crippen LogP contribution >= 0.6 is 11.6 Å². The van der Waals surface area contributed by atoms with Crippen molar-refractivity contribution in [3.8, 4) is 23.0 Å². The number of fused-ring (bicyclic) bond motifs is 4. The van der Waals surface area contributed by atoms with Crippen molar-refractivity contribution in [1.82, 2.24) is 0 Å². The Balaban J connectivity index is 1.78. The first-order valence-corrected chi connectivity index (χ1v) is 14.1. The Kier molecular flexibility index (Phi) is 5.79. The summed E-state index contributed by atoms with van der Waals surface area (Å²) in [6, 6.07) is 25.1. The third-order valence-corrected chi connectivity index (χ3v) is 8.87. The quantitative estimate of drug-likeness (QED) is 0.253. The lowest BCUT2D eigenvalue weighted by atomic mass is 10.0. The number of rotatable bonds is 5. The van der Waals surface area contributed by atoms with E-state index in [4.69, 9.17) is 21.1 Å². The summed E-state index contributed by atoms with van der Waals surface area (Å²) in [5.41, 5.74) is 2.71. The Bertz CT molecular complexity index is 1680. The molecule has 0 fully saturated rings. The molecule has 0 radical (unpaired) electrons. The van der Waals surface area contributed by atoms with Crippen LogP contribution in [0.4, 0.5) is 22.7 Å². The summed E-state index contributed by atoms with van der Waals surface area (Å²) in [6.07, 6.45) is 0.560. The molecule has 38 heavy (non-hydrogen) atoms. The molecule has 1 unspecified atom stereocenters. The first-order chi connectivity index (χ1) is 18.3. The van der Waals surface area contributed by atoms with Crippen LogP contribution in [-0.2, 0) is 16.5 Å². The van der Waals surface area contributed by atoms with Crippen molar-refractivity contribution in [3.63, 3.8) is 0 Å². The van der Waals surface area contributed by atoms with Gasteiger partial charge in [0.15, 0.2) is 23.0 Å². The molecule has 9 heteroatoms. The van der Waals surface area contributed by atoms with Crippen molar-refractivity contribution in [2.24, 2.45) is 0 Å². The number of anilines is 4. The van der Waals surface area contributed by atoms with Crippen LogP contribution in [0.3, 0.4) is 0 Å². The van der Waals surface area contributed by atoms with Gasteiger partial charge in [-0.3, -0.25) is 14.4 Å². The highest BCUT2D eigenvalue weighted by molar-refractivity contribution is 7.87. The van der Waals surface area contributed by atoms with Crippen LogP contribution in [0.15, 0.2) is 84.9 Å². The van der Waals surface area contributed by atoms with Crippen molar-refractivity contribution in [1.29, 1.82) is 0 Å². The lowest BCUT2D eigenvalue weighted by molar-refractivity contribution is 0.394. The average Bonchev–Trinajstić information content (AvgIpc) is 2.91. The maximum Gasteiger partial charge on any atom is 0.309 e. The second-order valence-electron chi connectivity index (χ2n) is 9.09. The van der Waals surface area contributed by atoms with Crippen LogP contribution in [0.1, 0.15) is 25.8 Å². The molecular formula is C29H25ClN2O5S. The molecular weight excluding hydrogens is 524 g/mol. The first kappa shape index (κ1) is 24.6. The van der Waals surface area contributed by atoms with Crippen LogP contribution in [0.25, 0.3) is 0 Å². The highest BCUT2D eigenvalue weighted by atomic mass is 35.5. The van der Waals surface area contributed by atoms with E-state index in [1.54, 1.807) is 71.3 Å². The van der Waals surface area contributed by atoms with Crippen molar-refractivity contribution in [2.75, 3.05) is 9.80 Å². The molecule has 0 aliphatic carbocycles. The maximum absolute atomic E-state index is 14.0. The summed E-state index contributed by atoms with van der Waals surface area (Å²) in [7, 11) is -4.91. The molecule has 0 amide bonds. The topological polar surface area (TPSA) is 79.3 Å². The second-order valence-corrected chi connectivity index (χ2v) is 11.1. The van der Waals surface area contributed by atoms with Crippen molar-refractivity contribution in [3.05, 3.63) is 95.5 Å². The third kappa shape index (κ3) is 3.41. The summed E-state index contributed by atoms with van der Waals surface area (Å²) in [5, 5.41) is 0.282. The van der Waals surface area contributed by atoms with Gasteiger partial charge < -0.3 is 9.47 Å². The zero-order chi connectivity index (χ0) is 26.7. The van der Waals surface area contributed by atoms with Gasteiger partial charge in [0.05, 0.1) is 22.1 Å². The lowest BCUT2D eigenvalue weighted by Crippen LogP contribution is -2.63. The number of benzene rings is 4. The average molecular weight is 549 g/mol. The number of halogens is 1. The number of aryl methyl sites for hydroxylation is 1. The van der Waals surface area contributed by atoms with E-state index in [9.17, 15) is 13.0 Å². The Hall–Kier alpha value is -3.72. The van der Waals surface area contributed by atoms with E-state index in [2.05, 4.69) is 0 Å². The normalized spacial score (nSPS) is 15.3. The molecule has 0 saturated heterocycles. The standard InChI is InChI=1S/C29H25ClN2O5S/c1-3-19-11-9-17-25-27(19)31(21-13-5-7-15-23(21)36-25)29(4-2,38(33,34)35)32-22-14-6-8-16-24(22)37-26-18-10-12-20(30)28(26)32/h5-18H,3-4H2,1-2H3,(H,33,34,35). The molecule has 6 rings (SSSR count). The molecule has 2 aliphatic heterocycles. The van der Waals surface area contributed by atoms with Gasteiger partial charge in [0.25, 0.3) is 4.99 Å². The van der Waals surface area contributed by atoms with Crippen LogP contribution in [-0.4, -0.2) is 18.0 Å². The smallest absolute Gasteiger partial charge is 0.309 e. The predicted octanol–water partition coefficient (Wildman–Crippen LogP) is 8.04. The van der Waals surface area contributed by atoms with Gasteiger partial charge in [0, 0.05) is 6.42 Å². The van der Waals surface area contributed by atoms with Gasteiger partial charge in [0.2, 0.25) is 0 Å². The molecule has 7 nitrogen and oxygen atoms in total. The highest BCUT2D eigenvalue weighted by Gasteiger charge is 2.58. The van der Waals surface area contributed by atoms with E-state index < -0.39 is 15.1 Å². The van der Waals surface area contributed by atoms with Gasteiger partial charge >= 0.3 is 10.1 Å². The van der Waals surface area contributed by atoms with Crippen LogP contribution in [0.2, 0.25) is 5.02 Å². The van der Waals surface area contributed by atoms with Crippen LogP contribution < -0.4 is 19.3 Å². The zero-order valence-corrected chi connectivity index (χ0v) is 22.3. The second kappa shape index (κ2) is 8.94. The minimum atomic E-state index is -4.91. The van der Waals surface area contributed by atoms with Gasteiger partial charge in [-0.15, -0.1) is 0 Å². The summed E-state index contributed by atoms with van der Waals surface area (Å²) < 4.78 is 51.7. The Labute approximate surface area is 226 Å². The molecule has 0 saturated carbocycles. The first-order valence-electron chi connectivity index (χ1n) is 12.3. The monoisotopic (exact) mass is 548 g/mol. The summed E-state index contributed by atoms with van der Waals surface area (Å²) >= 11 is 6.77. The molecule has 0 spiro atoms. The van der Waals surface area contributed by atoms with Crippen molar-refractivity contribution < 1.29 is 22.4 Å². The minimum Gasteiger partial charge on any atom is -0.453 e. The maximum atomic E-state index is 14.0. The van der Waals surface area contributed by atoms with Crippen LogP contribution in [0, 0.1) is 0 Å². The van der Waals surface area contributed by atoms with Gasteiger partial charge in [-0.1, -0.05) is 67.9 Å². The number of hydrogen-bond donors (Lipinski definition) is 1. The van der Waals surface area contributed by atoms with Crippen molar-refractivity contribution in [2.45, 2.75) is 31.7 Å². The lowest BCUT2D eigenvalue weighted by Gasteiger charge is -2.52. The van der Waals surface area contributed by atoms with Gasteiger partial charge in [0.1, 0.15) is 5.69 Å². The predicted molar refractivity (Wildman–Crippen MR) is 149 cm³/mol. The molecule has 194 valence electrons. The fraction of sp³-hybridized carbons (Fsp3) is 0.172. The van der Waals surface area contributed by atoms with E-state index in [-0.39, 0.29) is 11.4 Å². The number of para-hydroxylation sites is 6. The number of nitrogens with zero attached hydrogens (tertiary/aromatic N) is 2. The molecule has 0 bridgehead atoms. The fourth-order valence-corrected chi connectivity index (χ4v) is 6.93. The summed E-state index contributed by atoms with van der Waals surface area (Å²) in [5.74, 6) is 1.78. The van der Waals surface area contributed by atoms with Gasteiger partial charge in [-0.05, 0) is 54.4 Å². The van der Waals surface area contributed by atoms with E-state index in [0.29, 0.717) is 52.2 Å². The van der Waals surface area contributed by atoms with E-state index in [0.717, 1.165) is 5.56 Å². The molecule has 1 N–H and O–H groups in total. The van der Waals surface area contributed by atoms with Gasteiger partial charge in [-0.2, -0.15) is 8.42 Å². The Morgan fingerprint density at radius 3 is 1.79 bits per heavy atom. The molecule has 0 aromatic heterocycles. The summed E-state index contributed by atoms with van der Waals surface area (Å²) in [6.45, 7) is 3.72. The fourth-order valence-electron chi connectivity index (χ4n) is 5.47. The van der Waals surface area contributed by atoms with Gasteiger partial charge in [-0.25, -0.2) is 0 Å². The van der Waals surface area contributed by atoms with Crippen LogP contribution in [0.5, 0.6) is 23.0 Å². The Morgan fingerprint density at radius 2 is 1.24 bits per heavy atom. The molecule has 1 atom stereocenters. The highest BCUT2D eigenvalue weighted by Crippen LogP contribution is 2.60. The Morgan fingerprint density at radius 1 is 0.737 bits per heavy atom. The van der Waals surface area contributed by atoms with E-state index in [1.807, 2.05) is 37.3 Å². The molecule has 4 aromatic rings.